The molecule has 2 heterocycles. The number of aromatic nitrogens is 3. The van der Waals surface area contributed by atoms with Crippen LogP contribution in [-0.2, 0) is 0 Å². The van der Waals surface area contributed by atoms with Crippen molar-refractivity contribution in [2.24, 2.45) is 5.73 Å². The van der Waals surface area contributed by atoms with Crippen LogP contribution in [0, 0.1) is 0 Å². The molecule has 17 heavy (non-hydrogen) atoms. The molecule has 0 aliphatic rings. The number of hydrogen-bond donors (Lipinski definition) is 1. The van der Waals surface area contributed by atoms with Crippen molar-refractivity contribution in [1.29, 1.82) is 0 Å². The summed E-state index contributed by atoms with van der Waals surface area (Å²) in [6, 6.07) is 0. The van der Waals surface area contributed by atoms with Crippen LogP contribution in [-0.4, -0.2) is 45.5 Å². The van der Waals surface area contributed by atoms with Crippen molar-refractivity contribution in [1.82, 2.24) is 19.5 Å². The number of rotatable bonds is 4. The molecule has 1 amide bonds. The van der Waals surface area contributed by atoms with E-state index >= 15 is 0 Å². The van der Waals surface area contributed by atoms with E-state index in [0.717, 1.165) is 11.9 Å². The van der Waals surface area contributed by atoms with Crippen LogP contribution in [0.1, 0.15) is 16.8 Å². The van der Waals surface area contributed by atoms with Crippen molar-refractivity contribution in [2.45, 2.75) is 6.42 Å². The van der Waals surface area contributed by atoms with Crippen molar-refractivity contribution in [3.63, 3.8) is 0 Å². The molecule has 0 aromatic carbocycles. The number of carbonyl (C=O) groups is 1. The van der Waals surface area contributed by atoms with Crippen LogP contribution < -0.4 is 5.73 Å². The molecule has 0 radical (unpaired) electrons. The van der Waals surface area contributed by atoms with Crippen LogP contribution in [0.2, 0.25) is 0 Å². The number of hydrogen-bond acceptors (Lipinski definition) is 4. The summed E-state index contributed by atoms with van der Waals surface area (Å²) in [7, 11) is 1.76. The fourth-order valence-corrected chi connectivity index (χ4v) is 1.63. The Morgan fingerprint density at radius 3 is 3.12 bits per heavy atom. The molecule has 2 aromatic rings. The lowest BCUT2D eigenvalue weighted by molar-refractivity contribution is 0.0796. The predicted octanol–water partition coefficient (Wildman–Crippen LogP) is 0.150. The highest BCUT2D eigenvalue weighted by Gasteiger charge is 2.16. The van der Waals surface area contributed by atoms with Crippen LogP contribution in [0.5, 0.6) is 0 Å². The Kier molecular flexibility index (Phi) is 3.34. The summed E-state index contributed by atoms with van der Waals surface area (Å²) in [4.78, 5) is 17.8. The standard InChI is InChI=1S/C11H15N5O/c1-15(5-2-3-12)11(17)9-7-14-16-6-4-13-8-10(9)16/h4,6-8H,2-3,5,12H2,1H3. The van der Waals surface area contributed by atoms with Gasteiger partial charge < -0.3 is 10.6 Å². The SMILES string of the molecule is CN(CCCN)C(=O)c1cnn2ccncc12. The van der Waals surface area contributed by atoms with Gasteiger partial charge in [-0.3, -0.25) is 9.78 Å². The third-order valence-corrected chi connectivity index (χ3v) is 2.60. The summed E-state index contributed by atoms with van der Waals surface area (Å²) >= 11 is 0. The Labute approximate surface area is 99.0 Å². The number of fused-ring (bicyclic) bond motifs is 1. The van der Waals surface area contributed by atoms with Gasteiger partial charge in [0.2, 0.25) is 0 Å². The summed E-state index contributed by atoms with van der Waals surface area (Å²) in [5.41, 5.74) is 6.71. The van der Waals surface area contributed by atoms with Crippen molar-refractivity contribution in [3.8, 4) is 0 Å². The van der Waals surface area contributed by atoms with E-state index in [4.69, 9.17) is 5.73 Å². The molecule has 2 N–H and O–H groups in total. The van der Waals surface area contributed by atoms with E-state index in [9.17, 15) is 4.79 Å². The minimum absolute atomic E-state index is 0.0542. The zero-order chi connectivity index (χ0) is 12.3. The van der Waals surface area contributed by atoms with E-state index in [1.165, 1.54) is 0 Å². The molecule has 0 aliphatic carbocycles. The van der Waals surface area contributed by atoms with Gasteiger partial charge in [-0.25, -0.2) is 4.52 Å². The molecular formula is C11H15N5O. The summed E-state index contributed by atoms with van der Waals surface area (Å²) in [6.45, 7) is 1.22. The zero-order valence-electron chi connectivity index (χ0n) is 9.71. The van der Waals surface area contributed by atoms with Crippen molar-refractivity contribution < 1.29 is 4.79 Å². The second-order valence-electron chi connectivity index (χ2n) is 3.83. The fourth-order valence-electron chi connectivity index (χ4n) is 1.63. The number of amides is 1. The fraction of sp³-hybridized carbons (Fsp3) is 0.364. The van der Waals surface area contributed by atoms with Gasteiger partial charge in [0.25, 0.3) is 5.91 Å². The molecule has 90 valence electrons. The quantitative estimate of drug-likeness (QED) is 0.815. The van der Waals surface area contributed by atoms with Crippen molar-refractivity contribution in [3.05, 3.63) is 30.4 Å². The van der Waals surface area contributed by atoms with Crippen molar-refractivity contribution >= 4 is 11.4 Å². The van der Waals surface area contributed by atoms with Gasteiger partial charge in [0, 0.05) is 26.0 Å². The first kappa shape index (κ1) is 11.5. The van der Waals surface area contributed by atoms with Gasteiger partial charge in [0.15, 0.2) is 0 Å². The van der Waals surface area contributed by atoms with Gasteiger partial charge in [-0.2, -0.15) is 5.10 Å². The highest BCUT2D eigenvalue weighted by atomic mass is 16.2. The first-order chi connectivity index (χ1) is 8.24. The third-order valence-electron chi connectivity index (χ3n) is 2.60. The maximum atomic E-state index is 12.1. The average Bonchev–Trinajstić information content (AvgIpc) is 2.78. The summed E-state index contributed by atoms with van der Waals surface area (Å²) in [6.07, 6.45) is 7.34. The Bertz CT molecular complexity index is 521. The van der Waals surface area contributed by atoms with Gasteiger partial charge in [0.05, 0.1) is 23.5 Å². The monoisotopic (exact) mass is 233 g/mol. The molecule has 0 saturated carbocycles. The maximum absolute atomic E-state index is 12.1. The normalized spacial score (nSPS) is 10.7. The van der Waals surface area contributed by atoms with Gasteiger partial charge >= 0.3 is 0 Å². The number of nitrogens with two attached hydrogens (primary N) is 1. The third kappa shape index (κ3) is 2.26. The van der Waals surface area contributed by atoms with E-state index in [-0.39, 0.29) is 5.91 Å². The summed E-state index contributed by atoms with van der Waals surface area (Å²) in [5, 5.41) is 4.11. The summed E-state index contributed by atoms with van der Waals surface area (Å²) in [5.74, 6) is -0.0542. The maximum Gasteiger partial charge on any atom is 0.257 e. The molecule has 0 saturated heterocycles. The Hall–Kier alpha value is -1.95. The molecule has 0 spiro atoms. The minimum atomic E-state index is -0.0542. The van der Waals surface area contributed by atoms with E-state index < -0.39 is 0 Å². The van der Waals surface area contributed by atoms with Crippen LogP contribution in [0.25, 0.3) is 5.52 Å². The van der Waals surface area contributed by atoms with E-state index in [0.29, 0.717) is 18.7 Å². The topological polar surface area (TPSA) is 76.5 Å². The highest BCUT2D eigenvalue weighted by Crippen LogP contribution is 2.11. The number of carbonyl (C=O) groups excluding carboxylic acids is 1. The van der Waals surface area contributed by atoms with Crippen LogP contribution in [0.15, 0.2) is 24.8 Å². The van der Waals surface area contributed by atoms with Gasteiger partial charge in [-0.1, -0.05) is 0 Å². The second kappa shape index (κ2) is 4.92. The molecule has 6 nitrogen and oxygen atoms in total. The molecule has 2 aromatic heterocycles. The second-order valence-corrected chi connectivity index (χ2v) is 3.83. The van der Waals surface area contributed by atoms with Crippen LogP contribution in [0.4, 0.5) is 0 Å². The Balaban J connectivity index is 2.24. The predicted molar refractivity (Wildman–Crippen MR) is 63.6 cm³/mol. The van der Waals surface area contributed by atoms with E-state index in [1.54, 1.807) is 41.3 Å². The van der Waals surface area contributed by atoms with E-state index in [2.05, 4.69) is 10.1 Å². The average molecular weight is 233 g/mol. The smallest absolute Gasteiger partial charge is 0.257 e. The van der Waals surface area contributed by atoms with Gasteiger partial charge in [-0.15, -0.1) is 0 Å². The first-order valence-corrected chi connectivity index (χ1v) is 5.47. The molecule has 2 rings (SSSR count). The largest absolute Gasteiger partial charge is 0.342 e. The number of nitrogens with zero attached hydrogens (tertiary/aromatic N) is 4. The van der Waals surface area contributed by atoms with Crippen LogP contribution >= 0.6 is 0 Å². The first-order valence-electron chi connectivity index (χ1n) is 5.47. The molecule has 0 bridgehead atoms. The highest BCUT2D eigenvalue weighted by molar-refractivity contribution is 6.00. The molecule has 0 unspecified atom stereocenters. The van der Waals surface area contributed by atoms with Gasteiger partial charge in [-0.05, 0) is 13.0 Å². The lowest BCUT2D eigenvalue weighted by Crippen LogP contribution is -2.28. The Morgan fingerprint density at radius 2 is 2.35 bits per heavy atom. The van der Waals surface area contributed by atoms with E-state index in [1.807, 2.05) is 0 Å². The zero-order valence-corrected chi connectivity index (χ0v) is 9.71. The molecular weight excluding hydrogens is 218 g/mol. The summed E-state index contributed by atoms with van der Waals surface area (Å²) < 4.78 is 1.64. The molecule has 6 heteroatoms. The Morgan fingerprint density at radius 1 is 1.53 bits per heavy atom. The molecule has 0 atom stereocenters. The van der Waals surface area contributed by atoms with Crippen molar-refractivity contribution in [2.75, 3.05) is 20.1 Å². The molecule has 0 aliphatic heterocycles. The van der Waals surface area contributed by atoms with Gasteiger partial charge in [0.1, 0.15) is 0 Å². The minimum Gasteiger partial charge on any atom is -0.342 e. The molecule has 0 fully saturated rings. The lowest BCUT2D eigenvalue weighted by atomic mass is 10.2. The lowest BCUT2D eigenvalue weighted by Gasteiger charge is -2.15. The van der Waals surface area contributed by atoms with Crippen LogP contribution in [0.3, 0.4) is 0 Å².